The minimum absolute atomic E-state index is 0.0458. The highest BCUT2D eigenvalue weighted by molar-refractivity contribution is 7.91. The van der Waals surface area contributed by atoms with Crippen molar-refractivity contribution in [3.05, 3.63) is 33.8 Å². The van der Waals surface area contributed by atoms with Gasteiger partial charge >= 0.3 is 0 Å². The summed E-state index contributed by atoms with van der Waals surface area (Å²) in [6, 6.07) is 5.63. The van der Waals surface area contributed by atoms with Gasteiger partial charge in [0.1, 0.15) is 0 Å². The molecule has 0 spiro atoms. The second-order valence-corrected chi connectivity index (χ2v) is 8.27. The van der Waals surface area contributed by atoms with Crippen molar-refractivity contribution in [2.75, 3.05) is 18.1 Å². The Kier molecular flexibility index (Phi) is 5.35. The lowest BCUT2D eigenvalue weighted by Crippen LogP contribution is -2.24. The van der Waals surface area contributed by atoms with Crippen molar-refractivity contribution in [2.45, 2.75) is 25.8 Å². The van der Waals surface area contributed by atoms with E-state index in [2.05, 4.69) is 5.32 Å². The van der Waals surface area contributed by atoms with Gasteiger partial charge in [-0.3, -0.25) is 0 Å². The number of hydrogen-bond donors (Lipinski definition) is 1. The van der Waals surface area contributed by atoms with E-state index < -0.39 is 9.84 Å². The van der Waals surface area contributed by atoms with Crippen molar-refractivity contribution < 1.29 is 8.42 Å². The van der Waals surface area contributed by atoms with Crippen molar-refractivity contribution in [2.24, 2.45) is 5.92 Å². The van der Waals surface area contributed by atoms with Crippen LogP contribution in [-0.4, -0.2) is 26.5 Å². The second kappa shape index (κ2) is 6.65. The fraction of sp³-hybridized carbons (Fsp3) is 0.571. The molecule has 1 fully saturated rings. The monoisotopic (exact) mass is 335 g/mol. The minimum atomic E-state index is -2.84. The molecule has 112 valence electrons. The molecular formula is C14H19Cl2NO2S. The van der Waals surface area contributed by atoms with Crippen molar-refractivity contribution in [3.63, 3.8) is 0 Å². The third-order valence-corrected chi connectivity index (χ3v) is 6.37. The first-order valence-corrected chi connectivity index (χ1v) is 9.38. The van der Waals surface area contributed by atoms with E-state index in [1.807, 2.05) is 19.1 Å². The molecule has 2 unspecified atom stereocenters. The number of rotatable bonds is 5. The summed E-state index contributed by atoms with van der Waals surface area (Å²) in [7, 11) is -2.84. The SMILES string of the molecule is CCNC(CC1CCS(=O)(=O)C1)c1cccc(Cl)c1Cl. The zero-order valence-electron chi connectivity index (χ0n) is 11.4. The molecule has 2 rings (SSSR count). The molecule has 0 aromatic heterocycles. The van der Waals surface area contributed by atoms with Crippen molar-refractivity contribution >= 4 is 33.0 Å². The molecule has 1 heterocycles. The Labute approximate surface area is 130 Å². The summed E-state index contributed by atoms with van der Waals surface area (Å²) in [5.74, 6) is 0.784. The van der Waals surface area contributed by atoms with E-state index in [9.17, 15) is 8.42 Å². The predicted molar refractivity (Wildman–Crippen MR) is 84.3 cm³/mol. The van der Waals surface area contributed by atoms with Crippen LogP contribution < -0.4 is 5.32 Å². The van der Waals surface area contributed by atoms with Crippen LogP contribution in [0.15, 0.2) is 18.2 Å². The Morgan fingerprint density at radius 1 is 1.40 bits per heavy atom. The van der Waals surface area contributed by atoms with Crippen molar-refractivity contribution in [3.8, 4) is 0 Å². The molecule has 0 bridgehead atoms. The Morgan fingerprint density at radius 3 is 2.75 bits per heavy atom. The van der Waals surface area contributed by atoms with Crippen LogP contribution in [0.5, 0.6) is 0 Å². The fourth-order valence-electron chi connectivity index (χ4n) is 2.75. The van der Waals surface area contributed by atoms with Crippen LogP contribution in [0.1, 0.15) is 31.4 Å². The smallest absolute Gasteiger partial charge is 0.150 e. The van der Waals surface area contributed by atoms with E-state index >= 15 is 0 Å². The first kappa shape index (κ1) is 16.1. The molecule has 1 aromatic rings. The van der Waals surface area contributed by atoms with Crippen LogP contribution in [0, 0.1) is 5.92 Å². The zero-order valence-corrected chi connectivity index (χ0v) is 13.7. The summed E-state index contributed by atoms with van der Waals surface area (Å²) in [6.45, 7) is 2.82. The topological polar surface area (TPSA) is 46.2 Å². The van der Waals surface area contributed by atoms with Gasteiger partial charge in [0.15, 0.2) is 9.84 Å². The molecule has 3 nitrogen and oxygen atoms in total. The first-order chi connectivity index (χ1) is 9.43. The number of halogens is 2. The Hall–Kier alpha value is -0.290. The van der Waals surface area contributed by atoms with E-state index in [1.54, 1.807) is 6.07 Å². The maximum Gasteiger partial charge on any atom is 0.150 e. The largest absolute Gasteiger partial charge is 0.310 e. The van der Waals surface area contributed by atoms with Gasteiger partial charge in [-0.25, -0.2) is 8.42 Å². The van der Waals surface area contributed by atoms with Gasteiger partial charge in [-0.1, -0.05) is 42.3 Å². The maximum absolute atomic E-state index is 11.6. The van der Waals surface area contributed by atoms with E-state index in [0.717, 1.165) is 24.9 Å². The molecule has 1 saturated heterocycles. The van der Waals surface area contributed by atoms with Crippen molar-refractivity contribution in [1.82, 2.24) is 5.32 Å². The lowest BCUT2D eigenvalue weighted by molar-refractivity contribution is 0.422. The molecule has 0 radical (unpaired) electrons. The Bertz CT molecular complexity index is 575. The summed E-state index contributed by atoms with van der Waals surface area (Å²) >= 11 is 12.3. The van der Waals surface area contributed by atoms with E-state index in [4.69, 9.17) is 23.2 Å². The normalized spacial score (nSPS) is 22.9. The van der Waals surface area contributed by atoms with Crippen LogP contribution in [0.25, 0.3) is 0 Å². The van der Waals surface area contributed by atoms with Gasteiger partial charge in [0.25, 0.3) is 0 Å². The molecule has 0 aliphatic carbocycles. The standard InChI is InChI=1S/C14H19Cl2NO2S/c1-2-17-13(8-10-6-7-20(18,19)9-10)11-4-3-5-12(15)14(11)16/h3-5,10,13,17H,2,6-9H2,1H3. The summed E-state index contributed by atoms with van der Waals surface area (Å²) in [5.41, 5.74) is 0.949. The first-order valence-electron chi connectivity index (χ1n) is 6.80. The van der Waals surface area contributed by atoms with Gasteiger partial charge < -0.3 is 5.32 Å². The van der Waals surface area contributed by atoms with Gasteiger partial charge in [-0.05, 0) is 36.9 Å². The molecule has 0 saturated carbocycles. The van der Waals surface area contributed by atoms with Crippen LogP contribution in [0.4, 0.5) is 0 Å². The third-order valence-electron chi connectivity index (χ3n) is 3.70. The van der Waals surface area contributed by atoms with Crippen LogP contribution in [0.2, 0.25) is 10.0 Å². The lowest BCUT2D eigenvalue weighted by atomic mass is 9.94. The highest BCUT2D eigenvalue weighted by Crippen LogP contribution is 2.35. The van der Waals surface area contributed by atoms with Crippen LogP contribution >= 0.6 is 23.2 Å². The molecule has 6 heteroatoms. The quantitative estimate of drug-likeness (QED) is 0.896. The van der Waals surface area contributed by atoms with E-state index in [-0.39, 0.29) is 17.7 Å². The Morgan fingerprint density at radius 2 is 2.15 bits per heavy atom. The number of hydrogen-bond acceptors (Lipinski definition) is 3. The average Bonchev–Trinajstić information content (AvgIpc) is 2.72. The second-order valence-electron chi connectivity index (χ2n) is 5.26. The van der Waals surface area contributed by atoms with Crippen LogP contribution in [-0.2, 0) is 9.84 Å². The molecular weight excluding hydrogens is 317 g/mol. The Balaban J connectivity index is 2.17. The predicted octanol–water partition coefficient (Wildman–Crippen LogP) is 3.47. The minimum Gasteiger partial charge on any atom is -0.310 e. The highest BCUT2D eigenvalue weighted by Gasteiger charge is 2.30. The molecule has 0 amide bonds. The molecule has 20 heavy (non-hydrogen) atoms. The molecule has 1 aromatic carbocycles. The lowest BCUT2D eigenvalue weighted by Gasteiger charge is -2.22. The summed E-state index contributed by atoms with van der Waals surface area (Å²) in [6.07, 6.45) is 1.51. The number of sulfone groups is 1. The zero-order chi connectivity index (χ0) is 14.8. The van der Waals surface area contributed by atoms with E-state index in [1.165, 1.54) is 0 Å². The molecule has 2 atom stereocenters. The molecule has 1 aliphatic rings. The number of benzene rings is 1. The molecule has 1 N–H and O–H groups in total. The van der Waals surface area contributed by atoms with Gasteiger partial charge in [0.2, 0.25) is 0 Å². The number of nitrogens with one attached hydrogen (secondary N) is 1. The molecule has 1 aliphatic heterocycles. The average molecular weight is 336 g/mol. The summed E-state index contributed by atoms with van der Waals surface area (Å²) in [5, 5.41) is 4.47. The van der Waals surface area contributed by atoms with Gasteiger partial charge in [0, 0.05) is 6.04 Å². The van der Waals surface area contributed by atoms with Gasteiger partial charge in [-0.2, -0.15) is 0 Å². The van der Waals surface area contributed by atoms with Gasteiger partial charge in [0.05, 0.1) is 21.6 Å². The van der Waals surface area contributed by atoms with Gasteiger partial charge in [-0.15, -0.1) is 0 Å². The summed E-state index contributed by atoms with van der Waals surface area (Å²) in [4.78, 5) is 0. The highest BCUT2D eigenvalue weighted by atomic mass is 35.5. The van der Waals surface area contributed by atoms with Crippen molar-refractivity contribution in [1.29, 1.82) is 0 Å². The van der Waals surface area contributed by atoms with E-state index in [0.29, 0.717) is 15.8 Å². The fourth-order valence-corrected chi connectivity index (χ4v) is 5.07. The maximum atomic E-state index is 11.6. The third kappa shape index (κ3) is 3.88. The summed E-state index contributed by atoms with van der Waals surface area (Å²) < 4.78 is 23.1. The van der Waals surface area contributed by atoms with Crippen LogP contribution in [0.3, 0.4) is 0 Å².